The summed E-state index contributed by atoms with van der Waals surface area (Å²) in [5.74, 6) is 1.42. The number of rotatable bonds is 9. The molecule has 0 aromatic carbocycles. The Kier molecular flexibility index (Phi) is 56.8. The van der Waals surface area contributed by atoms with Gasteiger partial charge in [0.2, 0.25) is 0 Å². The molecule has 0 aromatic heterocycles. The molecule has 0 radical (unpaired) electrons. The van der Waals surface area contributed by atoms with E-state index in [2.05, 4.69) is 60.0 Å². The molecule has 0 aromatic rings. The van der Waals surface area contributed by atoms with E-state index < -0.39 is 0 Å². The summed E-state index contributed by atoms with van der Waals surface area (Å²) in [5.41, 5.74) is 0. The van der Waals surface area contributed by atoms with Gasteiger partial charge >= 0.3 is 19.5 Å². The first kappa shape index (κ1) is 33.5. The molecular formula is C18H38NO2Ru+. The van der Waals surface area contributed by atoms with Crippen LogP contribution in [0.15, 0.2) is 0 Å². The van der Waals surface area contributed by atoms with Crippen molar-refractivity contribution in [3.8, 4) is 0 Å². The molecule has 0 aliphatic rings. The van der Waals surface area contributed by atoms with E-state index in [0.717, 1.165) is 0 Å². The number of hydrogen-bond donors (Lipinski definition) is 0. The van der Waals surface area contributed by atoms with Crippen molar-refractivity contribution in [2.24, 2.45) is 0 Å². The average Bonchev–Trinajstić information content (AvgIpc) is 2.50. The predicted octanol–water partition coefficient (Wildman–Crippen LogP) is 4.76. The fourth-order valence-corrected chi connectivity index (χ4v) is 1.48. The van der Waals surface area contributed by atoms with Gasteiger partial charge in [-0.25, -0.2) is 0 Å². The normalized spacial score (nSPS) is 8.55. The van der Waals surface area contributed by atoms with Crippen molar-refractivity contribution < 1.29 is 29.1 Å². The number of unbranched alkanes of at least 4 members (excludes halogenated alkanes) is 3. The standard InChI is InChI=1S/C12H27N.C4H9.2CHO.Ru/c1-4-7-10-13(11-8-5-2)12-9-6-3;1-4(2)3;2*1-2;/h4-12H2,1-3H3;1-3H3;2*1H;/q;3*-1;+4. The molecule has 0 heterocycles. The Morgan fingerprint density at radius 2 is 0.864 bits per heavy atom. The van der Waals surface area contributed by atoms with E-state index in [4.69, 9.17) is 9.59 Å². The molecule has 134 valence electrons. The van der Waals surface area contributed by atoms with Crippen LogP contribution in [0.5, 0.6) is 0 Å². The minimum Gasteiger partial charge on any atom is -0.545 e. The third-order valence-electron chi connectivity index (χ3n) is 2.48. The minimum absolute atomic E-state index is 0. The quantitative estimate of drug-likeness (QED) is 0.318. The molecule has 4 heteroatoms. The molecule has 0 aliphatic carbocycles. The van der Waals surface area contributed by atoms with Gasteiger partial charge in [-0.3, -0.25) is 13.6 Å². The Balaban J connectivity index is -0.0000000907. The van der Waals surface area contributed by atoms with Crippen LogP contribution in [0.4, 0.5) is 0 Å². The van der Waals surface area contributed by atoms with Crippen molar-refractivity contribution in [3.63, 3.8) is 0 Å². The summed E-state index contributed by atoms with van der Waals surface area (Å²) in [5, 5.41) is 0. The summed E-state index contributed by atoms with van der Waals surface area (Å²) >= 11 is 0. The second-order valence-electron chi connectivity index (χ2n) is 5.40. The Morgan fingerprint density at radius 3 is 1.00 bits per heavy atom. The number of hydrogen-bond acceptors (Lipinski definition) is 3. The fraction of sp³-hybridized carbons (Fsp3) is 0.833. The summed E-state index contributed by atoms with van der Waals surface area (Å²) in [6.45, 7) is 23.5. The van der Waals surface area contributed by atoms with E-state index in [0.29, 0.717) is 0 Å². The number of nitrogens with zero attached hydrogens (tertiary/aromatic N) is 1. The van der Waals surface area contributed by atoms with Gasteiger partial charge in [0.05, 0.1) is 0 Å². The predicted molar refractivity (Wildman–Crippen MR) is 94.9 cm³/mol. The van der Waals surface area contributed by atoms with Gasteiger partial charge in [0.1, 0.15) is 0 Å². The van der Waals surface area contributed by atoms with Crippen molar-refractivity contribution >= 4 is 13.6 Å². The molecule has 0 aliphatic heterocycles. The third-order valence-corrected chi connectivity index (χ3v) is 2.48. The SMILES string of the molecule is CCCCN(CCCC)CCCC.C[C-](C)C.[CH-]=O.[CH-]=O.[Ru+4]. The second-order valence-corrected chi connectivity index (χ2v) is 5.40. The molecule has 22 heavy (non-hydrogen) atoms. The number of carbonyl (C=O) groups excluding carboxylic acids is 2. The minimum atomic E-state index is 0. The van der Waals surface area contributed by atoms with Gasteiger partial charge in [0.15, 0.2) is 0 Å². The van der Waals surface area contributed by atoms with Crippen LogP contribution < -0.4 is 0 Å². The Bertz CT molecular complexity index is 134. The first-order valence-electron chi connectivity index (χ1n) is 8.04. The summed E-state index contributed by atoms with van der Waals surface area (Å²) < 4.78 is 0. The van der Waals surface area contributed by atoms with Gasteiger partial charge in [-0.1, -0.05) is 40.0 Å². The molecule has 0 unspecified atom stereocenters. The van der Waals surface area contributed by atoms with Gasteiger partial charge in [0.25, 0.3) is 0 Å². The summed E-state index contributed by atoms with van der Waals surface area (Å²) in [6.07, 6.45) is 8.09. The van der Waals surface area contributed by atoms with Gasteiger partial charge in [-0.05, 0) is 38.9 Å². The van der Waals surface area contributed by atoms with Crippen molar-refractivity contribution in [1.29, 1.82) is 0 Å². The maximum atomic E-state index is 7.75. The largest absolute Gasteiger partial charge is 4.00 e. The molecule has 0 saturated heterocycles. The fourth-order valence-electron chi connectivity index (χ4n) is 1.48. The Hall–Kier alpha value is -0.0766. The average molecular weight is 402 g/mol. The molecular weight excluding hydrogens is 363 g/mol. The molecule has 0 fully saturated rings. The summed E-state index contributed by atoms with van der Waals surface area (Å²) in [7, 11) is 0. The van der Waals surface area contributed by atoms with Crippen LogP contribution in [-0.4, -0.2) is 38.1 Å². The van der Waals surface area contributed by atoms with Crippen LogP contribution >= 0.6 is 0 Å². The van der Waals surface area contributed by atoms with Crippen molar-refractivity contribution in [1.82, 2.24) is 4.90 Å². The first-order chi connectivity index (χ1) is 10.1. The molecule has 0 amide bonds. The van der Waals surface area contributed by atoms with Crippen molar-refractivity contribution in [3.05, 3.63) is 5.92 Å². The molecule has 0 N–H and O–H groups in total. The second kappa shape index (κ2) is 37.3. The van der Waals surface area contributed by atoms with E-state index in [1.54, 1.807) is 0 Å². The van der Waals surface area contributed by atoms with E-state index in [1.807, 2.05) is 0 Å². The van der Waals surface area contributed by atoms with E-state index in [9.17, 15) is 0 Å². The van der Waals surface area contributed by atoms with Crippen LogP contribution in [0.25, 0.3) is 0 Å². The van der Waals surface area contributed by atoms with Crippen molar-refractivity contribution in [2.75, 3.05) is 19.6 Å². The van der Waals surface area contributed by atoms with Crippen LogP contribution in [0.3, 0.4) is 0 Å². The van der Waals surface area contributed by atoms with Crippen LogP contribution in [0.2, 0.25) is 0 Å². The molecule has 0 bridgehead atoms. The molecule has 3 nitrogen and oxygen atoms in total. The Labute approximate surface area is 153 Å². The zero-order chi connectivity index (χ0) is 17.5. The van der Waals surface area contributed by atoms with Gasteiger partial charge in [-0.15, -0.1) is 0 Å². The van der Waals surface area contributed by atoms with Gasteiger partial charge < -0.3 is 20.4 Å². The van der Waals surface area contributed by atoms with E-state index in [-0.39, 0.29) is 19.5 Å². The van der Waals surface area contributed by atoms with Crippen LogP contribution in [-0.2, 0) is 29.1 Å². The monoisotopic (exact) mass is 402 g/mol. The molecule has 0 saturated carbocycles. The van der Waals surface area contributed by atoms with Crippen molar-refractivity contribution in [2.45, 2.75) is 80.1 Å². The van der Waals surface area contributed by atoms with Crippen LogP contribution in [0, 0.1) is 5.92 Å². The van der Waals surface area contributed by atoms with E-state index >= 15 is 0 Å². The topological polar surface area (TPSA) is 37.4 Å². The Morgan fingerprint density at radius 1 is 0.682 bits per heavy atom. The maximum Gasteiger partial charge on any atom is 4.00 e. The first-order valence-corrected chi connectivity index (χ1v) is 8.04. The third kappa shape index (κ3) is 50.2. The zero-order valence-electron chi connectivity index (χ0n) is 15.6. The molecule has 0 rings (SSSR count). The molecule has 0 spiro atoms. The van der Waals surface area contributed by atoms with Crippen LogP contribution in [0.1, 0.15) is 80.1 Å². The van der Waals surface area contributed by atoms with Gasteiger partial charge in [0, 0.05) is 0 Å². The maximum absolute atomic E-state index is 7.75. The summed E-state index contributed by atoms with van der Waals surface area (Å²) in [6, 6.07) is 0. The smallest absolute Gasteiger partial charge is 0.545 e. The van der Waals surface area contributed by atoms with Gasteiger partial charge in [-0.2, -0.15) is 20.8 Å². The molecule has 0 atom stereocenters. The van der Waals surface area contributed by atoms with E-state index in [1.165, 1.54) is 64.1 Å². The summed E-state index contributed by atoms with van der Waals surface area (Å²) in [4.78, 5) is 18.1. The zero-order valence-corrected chi connectivity index (χ0v) is 17.4.